The van der Waals surface area contributed by atoms with Crippen molar-refractivity contribution in [2.24, 2.45) is 5.41 Å². The summed E-state index contributed by atoms with van der Waals surface area (Å²) in [6.07, 6.45) is 0. The van der Waals surface area contributed by atoms with Crippen molar-refractivity contribution in [2.75, 3.05) is 6.54 Å². The molecule has 0 spiro atoms. The number of hydrogen-bond donors (Lipinski definition) is 2. The van der Waals surface area contributed by atoms with Gasteiger partial charge < -0.3 is 15.2 Å². The summed E-state index contributed by atoms with van der Waals surface area (Å²) in [4.78, 5) is 34.9. The fraction of sp³-hybridized carbons (Fsp3) is 0.250. The maximum Gasteiger partial charge on any atom is 0.322 e. The number of carbonyl (C=O) groups excluding carboxylic acids is 2. The Bertz CT molecular complexity index is 869. The molecule has 0 heterocycles. The maximum atomic E-state index is 12.3. The van der Waals surface area contributed by atoms with Crippen LogP contribution in [0.2, 0.25) is 5.02 Å². The highest BCUT2D eigenvalue weighted by Gasteiger charge is 2.23. The third-order valence-electron chi connectivity index (χ3n) is 3.61. The molecule has 6 nitrogen and oxygen atoms in total. The van der Waals surface area contributed by atoms with Gasteiger partial charge >= 0.3 is 11.9 Å². The van der Waals surface area contributed by atoms with Crippen molar-refractivity contribution in [1.82, 2.24) is 5.32 Å². The first-order valence-corrected chi connectivity index (χ1v) is 8.58. The lowest BCUT2D eigenvalue weighted by molar-refractivity contribution is -0.143. The number of amides is 1. The van der Waals surface area contributed by atoms with E-state index in [0.717, 1.165) is 0 Å². The molecule has 0 aliphatic carbocycles. The molecule has 142 valence electrons. The van der Waals surface area contributed by atoms with Gasteiger partial charge in [-0.1, -0.05) is 29.8 Å². The van der Waals surface area contributed by atoms with Gasteiger partial charge in [-0.2, -0.15) is 0 Å². The predicted molar refractivity (Wildman–Crippen MR) is 102 cm³/mol. The fourth-order valence-corrected chi connectivity index (χ4v) is 2.34. The number of hydrogen-bond acceptors (Lipinski definition) is 4. The van der Waals surface area contributed by atoms with Crippen molar-refractivity contribution in [2.45, 2.75) is 20.8 Å². The molecule has 2 aromatic rings. The number of carboxylic acids is 1. The van der Waals surface area contributed by atoms with Gasteiger partial charge in [-0.25, -0.2) is 0 Å². The van der Waals surface area contributed by atoms with Crippen molar-refractivity contribution in [3.8, 4) is 16.9 Å². The number of halogens is 1. The third kappa shape index (κ3) is 5.56. The van der Waals surface area contributed by atoms with E-state index in [9.17, 15) is 14.4 Å². The van der Waals surface area contributed by atoms with Crippen LogP contribution in [0.4, 0.5) is 0 Å². The molecule has 0 aliphatic heterocycles. The molecule has 0 unspecified atom stereocenters. The highest BCUT2D eigenvalue weighted by Crippen LogP contribution is 2.29. The van der Waals surface area contributed by atoms with Crippen LogP contribution in [0.15, 0.2) is 42.5 Å². The number of aliphatic carboxylic acids is 1. The van der Waals surface area contributed by atoms with Gasteiger partial charge in [-0.15, -0.1) is 0 Å². The second-order valence-electron chi connectivity index (χ2n) is 6.93. The Balaban J connectivity index is 2.29. The summed E-state index contributed by atoms with van der Waals surface area (Å²) in [7, 11) is 0. The van der Waals surface area contributed by atoms with Crippen molar-refractivity contribution in [1.29, 1.82) is 0 Å². The number of esters is 1. The number of rotatable bonds is 5. The molecule has 0 saturated heterocycles. The Morgan fingerprint density at radius 3 is 2.26 bits per heavy atom. The van der Waals surface area contributed by atoms with Gasteiger partial charge in [0.25, 0.3) is 5.91 Å². The molecule has 0 radical (unpaired) electrons. The Labute approximate surface area is 162 Å². The number of benzene rings is 2. The smallest absolute Gasteiger partial charge is 0.322 e. The summed E-state index contributed by atoms with van der Waals surface area (Å²) in [6.45, 7) is 4.80. The van der Waals surface area contributed by atoms with Gasteiger partial charge in [-0.3, -0.25) is 14.4 Å². The summed E-state index contributed by atoms with van der Waals surface area (Å²) in [5.74, 6) is -1.64. The lowest BCUT2D eigenvalue weighted by Crippen LogP contribution is -2.29. The van der Waals surface area contributed by atoms with Gasteiger partial charge in [0.1, 0.15) is 12.3 Å². The van der Waals surface area contributed by atoms with E-state index >= 15 is 0 Å². The van der Waals surface area contributed by atoms with Crippen molar-refractivity contribution < 1.29 is 24.2 Å². The Morgan fingerprint density at radius 2 is 1.70 bits per heavy atom. The first-order valence-electron chi connectivity index (χ1n) is 8.20. The molecule has 2 N–H and O–H groups in total. The quantitative estimate of drug-likeness (QED) is 0.599. The second-order valence-corrected chi connectivity index (χ2v) is 7.37. The van der Waals surface area contributed by atoms with Gasteiger partial charge in [0.05, 0.1) is 5.41 Å². The SMILES string of the molecule is CC(C)(C)C(=O)Oc1ccc(-c2ccc(Cl)cc2C(=O)NCC(=O)O)cc1. The van der Waals surface area contributed by atoms with Crippen LogP contribution in [0.5, 0.6) is 5.75 Å². The zero-order valence-corrected chi connectivity index (χ0v) is 16.0. The van der Waals surface area contributed by atoms with E-state index in [1.165, 1.54) is 6.07 Å². The van der Waals surface area contributed by atoms with Crippen molar-refractivity contribution in [3.05, 3.63) is 53.1 Å². The minimum Gasteiger partial charge on any atom is -0.480 e. The Morgan fingerprint density at radius 1 is 1.07 bits per heavy atom. The normalized spacial score (nSPS) is 11.0. The fourth-order valence-electron chi connectivity index (χ4n) is 2.17. The summed E-state index contributed by atoms with van der Waals surface area (Å²) in [5.41, 5.74) is 0.909. The first-order chi connectivity index (χ1) is 12.6. The molecule has 0 bridgehead atoms. The number of ether oxygens (including phenoxy) is 1. The van der Waals surface area contributed by atoms with Crippen LogP contribution in [0.1, 0.15) is 31.1 Å². The standard InChI is InChI=1S/C20H20ClNO5/c1-20(2,3)19(26)27-14-7-4-12(5-8-14)15-9-6-13(21)10-16(15)18(25)22-11-17(23)24/h4-10H,11H2,1-3H3,(H,22,25)(H,23,24). The average Bonchev–Trinajstić information content (AvgIpc) is 2.59. The molecular weight excluding hydrogens is 370 g/mol. The first kappa shape index (κ1) is 20.5. The van der Waals surface area contributed by atoms with E-state index in [1.807, 2.05) is 0 Å². The van der Waals surface area contributed by atoms with E-state index in [-0.39, 0.29) is 11.5 Å². The van der Waals surface area contributed by atoms with Crippen LogP contribution in [-0.2, 0) is 9.59 Å². The number of carbonyl (C=O) groups is 3. The summed E-state index contributed by atoms with van der Waals surface area (Å²) >= 11 is 5.98. The van der Waals surface area contributed by atoms with Gasteiger partial charge in [0.15, 0.2) is 0 Å². The number of carboxylic acid groups (broad SMARTS) is 1. The third-order valence-corrected chi connectivity index (χ3v) is 3.85. The zero-order valence-electron chi connectivity index (χ0n) is 15.2. The van der Waals surface area contributed by atoms with Crippen LogP contribution in [0, 0.1) is 5.41 Å². The van der Waals surface area contributed by atoms with Crippen LogP contribution in [-0.4, -0.2) is 29.5 Å². The molecule has 2 aromatic carbocycles. The van der Waals surface area contributed by atoms with Crippen molar-refractivity contribution in [3.63, 3.8) is 0 Å². The van der Waals surface area contributed by atoms with E-state index in [1.54, 1.807) is 57.2 Å². The van der Waals surface area contributed by atoms with Crippen LogP contribution < -0.4 is 10.1 Å². The molecule has 0 fully saturated rings. The second kappa shape index (κ2) is 8.22. The molecule has 0 saturated carbocycles. The highest BCUT2D eigenvalue weighted by atomic mass is 35.5. The number of nitrogens with one attached hydrogen (secondary N) is 1. The Hall–Kier alpha value is -2.86. The zero-order chi connectivity index (χ0) is 20.2. The van der Waals surface area contributed by atoms with E-state index in [4.69, 9.17) is 21.4 Å². The summed E-state index contributed by atoms with van der Waals surface area (Å²) in [5, 5.41) is 11.4. The molecule has 0 aromatic heterocycles. The molecule has 0 atom stereocenters. The molecular formula is C20H20ClNO5. The molecule has 27 heavy (non-hydrogen) atoms. The molecule has 2 rings (SSSR count). The lowest BCUT2D eigenvalue weighted by Gasteiger charge is -2.16. The van der Waals surface area contributed by atoms with Gasteiger partial charge in [-0.05, 0) is 56.2 Å². The summed E-state index contributed by atoms with van der Waals surface area (Å²) < 4.78 is 5.33. The molecule has 7 heteroatoms. The Kier molecular flexibility index (Phi) is 6.23. The average molecular weight is 390 g/mol. The monoisotopic (exact) mass is 389 g/mol. The minimum absolute atomic E-state index is 0.253. The van der Waals surface area contributed by atoms with Crippen molar-refractivity contribution >= 4 is 29.4 Å². The molecule has 0 aliphatic rings. The van der Waals surface area contributed by atoms with Crippen LogP contribution in [0.25, 0.3) is 11.1 Å². The van der Waals surface area contributed by atoms with Gasteiger partial charge in [0, 0.05) is 10.6 Å². The maximum absolute atomic E-state index is 12.3. The minimum atomic E-state index is -1.14. The topological polar surface area (TPSA) is 92.7 Å². The van der Waals surface area contributed by atoms with Gasteiger partial charge in [0.2, 0.25) is 0 Å². The van der Waals surface area contributed by atoms with E-state index in [0.29, 0.717) is 21.9 Å². The lowest BCUT2D eigenvalue weighted by atomic mass is 9.97. The summed E-state index contributed by atoms with van der Waals surface area (Å²) in [6, 6.07) is 11.5. The van der Waals surface area contributed by atoms with Crippen LogP contribution >= 0.6 is 11.6 Å². The largest absolute Gasteiger partial charge is 0.480 e. The van der Waals surface area contributed by atoms with Crippen LogP contribution in [0.3, 0.4) is 0 Å². The highest BCUT2D eigenvalue weighted by molar-refractivity contribution is 6.31. The predicted octanol–water partition coefficient (Wildman–Crippen LogP) is 3.77. The van der Waals surface area contributed by atoms with E-state index < -0.39 is 23.8 Å². The molecule has 1 amide bonds. The van der Waals surface area contributed by atoms with E-state index in [2.05, 4.69) is 5.32 Å².